The smallest absolute Gasteiger partial charge is 0.308 e. The maximum atomic E-state index is 12.2. The summed E-state index contributed by atoms with van der Waals surface area (Å²) in [6.07, 6.45) is 4.20. The summed E-state index contributed by atoms with van der Waals surface area (Å²) in [5.74, 6) is 0.881. The molecular formula is C29H34O3. The van der Waals surface area contributed by atoms with Crippen LogP contribution in [0.4, 0.5) is 0 Å². The number of esters is 1. The summed E-state index contributed by atoms with van der Waals surface area (Å²) >= 11 is 0. The molecule has 3 heteroatoms. The van der Waals surface area contributed by atoms with Crippen LogP contribution in [0.5, 0.6) is 0 Å². The Kier molecular flexibility index (Phi) is 5.49. The van der Waals surface area contributed by atoms with E-state index in [0.717, 1.165) is 25.7 Å². The van der Waals surface area contributed by atoms with E-state index in [4.69, 9.17) is 9.47 Å². The number of carbonyl (C=O) groups excluding carboxylic acids is 1. The summed E-state index contributed by atoms with van der Waals surface area (Å²) in [5.41, 5.74) is 0.848. The molecule has 5 unspecified atom stereocenters. The first kappa shape index (κ1) is 21.5. The molecule has 0 aromatic heterocycles. The first-order valence-electron chi connectivity index (χ1n) is 12.2. The van der Waals surface area contributed by atoms with Gasteiger partial charge in [-0.25, -0.2) is 0 Å². The van der Waals surface area contributed by atoms with Gasteiger partial charge in [0.1, 0.15) is 6.10 Å². The molecule has 2 aliphatic rings. The van der Waals surface area contributed by atoms with E-state index in [1.807, 2.05) is 13.8 Å². The molecule has 2 saturated carbocycles. The van der Waals surface area contributed by atoms with Gasteiger partial charge in [-0.05, 0) is 84.5 Å². The lowest BCUT2D eigenvalue weighted by Crippen LogP contribution is -2.36. The fraction of sp³-hybridized carbons (Fsp3) is 0.483. The highest BCUT2D eigenvalue weighted by Crippen LogP contribution is 2.49. The highest BCUT2D eigenvalue weighted by atomic mass is 16.5. The molecule has 0 radical (unpaired) electrons. The van der Waals surface area contributed by atoms with Crippen LogP contribution in [0.1, 0.15) is 58.9 Å². The average Bonchev–Trinajstić information content (AvgIpc) is 3.37. The van der Waals surface area contributed by atoms with E-state index in [1.165, 1.54) is 27.1 Å². The SMILES string of the molecule is CCC(C)C(=O)OC1CC2CC1CC2OC(C)(C)c1ccc2c(ccc3ccccc32)c1. The molecule has 2 bridgehead atoms. The maximum Gasteiger partial charge on any atom is 0.308 e. The van der Waals surface area contributed by atoms with Crippen molar-refractivity contribution in [3.8, 4) is 0 Å². The molecule has 0 amide bonds. The fourth-order valence-corrected chi connectivity index (χ4v) is 5.72. The Morgan fingerprint density at radius 3 is 2.38 bits per heavy atom. The minimum absolute atomic E-state index is 0.00914. The highest BCUT2D eigenvalue weighted by molar-refractivity contribution is 6.07. The minimum atomic E-state index is -0.363. The summed E-state index contributed by atoms with van der Waals surface area (Å²) < 4.78 is 12.6. The monoisotopic (exact) mass is 430 g/mol. The van der Waals surface area contributed by atoms with Gasteiger partial charge in [-0.3, -0.25) is 4.79 Å². The van der Waals surface area contributed by atoms with Gasteiger partial charge in [0.2, 0.25) is 0 Å². The zero-order valence-corrected chi connectivity index (χ0v) is 19.6. The van der Waals surface area contributed by atoms with Crippen LogP contribution < -0.4 is 0 Å². The van der Waals surface area contributed by atoms with Crippen LogP contribution in [0.15, 0.2) is 54.6 Å². The third-order valence-electron chi connectivity index (χ3n) is 7.90. The van der Waals surface area contributed by atoms with Gasteiger partial charge in [0.25, 0.3) is 0 Å². The number of benzene rings is 3. The second-order valence-electron chi connectivity index (χ2n) is 10.4. The van der Waals surface area contributed by atoms with E-state index < -0.39 is 0 Å². The Hall–Kier alpha value is -2.39. The van der Waals surface area contributed by atoms with Crippen molar-refractivity contribution in [3.63, 3.8) is 0 Å². The molecule has 3 nitrogen and oxygen atoms in total. The second-order valence-corrected chi connectivity index (χ2v) is 10.4. The predicted octanol–water partition coefficient (Wildman–Crippen LogP) is 7.00. The molecule has 0 heterocycles. The van der Waals surface area contributed by atoms with Gasteiger partial charge in [-0.1, -0.05) is 62.4 Å². The Labute approximate surface area is 191 Å². The van der Waals surface area contributed by atoms with Crippen molar-refractivity contribution in [3.05, 3.63) is 60.2 Å². The van der Waals surface area contributed by atoms with Crippen LogP contribution in [0.2, 0.25) is 0 Å². The van der Waals surface area contributed by atoms with Gasteiger partial charge in [0, 0.05) is 0 Å². The van der Waals surface area contributed by atoms with Gasteiger partial charge in [0.15, 0.2) is 0 Å². The van der Waals surface area contributed by atoms with Crippen LogP contribution in [-0.4, -0.2) is 18.2 Å². The molecule has 0 N–H and O–H groups in total. The van der Waals surface area contributed by atoms with Gasteiger partial charge < -0.3 is 9.47 Å². The van der Waals surface area contributed by atoms with Crippen molar-refractivity contribution in [1.82, 2.24) is 0 Å². The van der Waals surface area contributed by atoms with Crippen LogP contribution in [-0.2, 0) is 19.9 Å². The molecule has 2 fully saturated rings. The van der Waals surface area contributed by atoms with Gasteiger partial charge in [0.05, 0.1) is 17.6 Å². The zero-order valence-electron chi connectivity index (χ0n) is 19.6. The van der Waals surface area contributed by atoms with E-state index in [-0.39, 0.29) is 29.7 Å². The summed E-state index contributed by atoms with van der Waals surface area (Å²) in [6, 6.07) is 19.7. The third kappa shape index (κ3) is 3.81. The third-order valence-corrected chi connectivity index (χ3v) is 7.90. The Bertz CT molecular complexity index is 1150. The topological polar surface area (TPSA) is 35.5 Å². The number of ether oxygens (including phenoxy) is 2. The molecular weight excluding hydrogens is 396 g/mol. The van der Waals surface area contributed by atoms with Crippen LogP contribution in [0.3, 0.4) is 0 Å². The standard InChI is InChI=1S/C29H34O3/c1-5-18(2)28(30)31-26-16-22-14-21(26)17-27(22)32-29(3,4)23-12-13-25-20(15-23)11-10-19-8-6-7-9-24(19)25/h6-13,15,18,21-22,26-27H,5,14,16-17H2,1-4H3. The number of carbonyl (C=O) groups is 1. The Balaban J connectivity index is 1.30. The Morgan fingerprint density at radius 1 is 0.938 bits per heavy atom. The van der Waals surface area contributed by atoms with Gasteiger partial charge in [-0.2, -0.15) is 0 Å². The summed E-state index contributed by atoms with van der Waals surface area (Å²) in [7, 11) is 0. The normalized spacial score (nSPS) is 26.0. The van der Waals surface area contributed by atoms with Crippen molar-refractivity contribution in [2.24, 2.45) is 17.8 Å². The first-order valence-corrected chi connectivity index (χ1v) is 12.2. The predicted molar refractivity (Wildman–Crippen MR) is 130 cm³/mol. The maximum absolute atomic E-state index is 12.2. The van der Waals surface area contributed by atoms with Crippen molar-refractivity contribution >= 4 is 27.5 Å². The minimum Gasteiger partial charge on any atom is -0.462 e. The van der Waals surface area contributed by atoms with Crippen LogP contribution in [0, 0.1) is 17.8 Å². The summed E-state index contributed by atoms with van der Waals surface area (Å²) in [5, 5.41) is 5.10. The average molecular weight is 431 g/mol. The summed E-state index contributed by atoms with van der Waals surface area (Å²) in [6.45, 7) is 8.35. The van der Waals surface area contributed by atoms with E-state index in [9.17, 15) is 4.79 Å². The molecule has 0 saturated heterocycles. The lowest BCUT2D eigenvalue weighted by Gasteiger charge is -2.35. The second kappa shape index (κ2) is 8.19. The number of hydrogen-bond acceptors (Lipinski definition) is 3. The Morgan fingerprint density at radius 2 is 1.62 bits per heavy atom. The number of rotatable bonds is 6. The molecule has 5 atom stereocenters. The molecule has 32 heavy (non-hydrogen) atoms. The van der Waals surface area contributed by atoms with E-state index in [1.54, 1.807) is 0 Å². The van der Waals surface area contributed by atoms with E-state index in [2.05, 4.69) is 68.4 Å². The number of hydrogen-bond donors (Lipinski definition) is 0. The summed E-state index contributed by atoms with van der Waals surface area (Å²) in [4.78, 5) is 12.2. The quantitative estimate of drug-likeness (QED) is 0.312. The first-order chi connectivity index (χ1) is 15.4. The lowest BCUT2D eigenvalue weighted by molar-refractivity contribution is -0.160. The molecule has 3 aromatic rings. The van der Waals surface area contributed by atoms with Crippen molar-refractivity contribution in [2.75, 3.05) is 0 Å². The lowest BCUT2D eigenvalue weighted by atomic mass is 9.91. The van der Waals surface area contributed by atoms with Crippen molar-refractivity contribution in [2.45, 2.75) is 71.2 Å². The van der Waals surface area contributed by atoms with E-state index >= 15 is 0 Å². The number of fused-ring (bicyclic) bond motifs is 5. The molecule has 3 aromatic carbocycles. The van der Waals surface area contributed by atoms with Crippen molar-refractivity contribution in [1.29, 1.82) is 0 Å². The highest BCUT2D eigenvalue weighted by Gasteiger charge is 2.49. The molecule has 2 aliphatic carbocycles. The van der Waals surface area contributed by atoms with Crippen LogP contribution in [0.25, 0.3) is 21.5 Å². The van der Waals surface area contributed by atoms with Crippen LogP contribution >= 0.6 is 0 Å². The largest absolute Gasteiger partial charge is 0.462 e. The molecule has 168 valence electrons. The molecule has 0 aliphatic heterocycles. The molecule has 0 spiro atoms. The van der Waals surface area contributed by atoms with Gasteiger partial charge >= 0.3 is 5.97 Å². The molecule has 5 rings (SSSR count). The van der Waals surface area contributed by atoms with Gasteiger partial charge in [-0.15, -0.1) is 0 Å². The zero-order chi connectivity index (χ0) is 22.5. The fourth-order valence-electron chi connectivity index (χ4n) is 5.72. The van der Waals surface area contributed by atoms with E-state index in [0.29, 0.717) is 11.8 Å². The van der Waals surface area contributed by atoms with Crippen molar-refractivity contribution < 1.29 is 14.3 Å².